The molecule has 0 saturated carbocycles. The average molecular weight is 278 g/mol. The molecule has 0 bridgehead atoms. The Labute approximate surface area is 124 Å². The summed E-state index contributed by atoms with van der Waals surface area (Å²) in [4.78, 5) is 0. The van der Waals surface area contributed by atoms with Gasteiger partial charge in [0.15, 0.2) is 0 Å². The second-order valence-corrected chi connectivity index (χ2v) is 5.33. The number of rotatable bonds is 3. The predicted octanol–water partition coefficient (Wildman–Crippen LogP) is 4.10. The molecule has 2 heteroatoms. The number of hydrogen-bond acceptors (Lipinski definition) is 2. The van der Waals surface area contributed by atoms with Crippen molar-refractivity contribution in [1.29, 1.82) is 0 Å². The van der Waals surface area contributed by atoms with Crippen molar-refractivity contribution in [3.63, 3.8) is 0 Å². The lowest BCUT2D eigenvalue weighted by Crippen LogP contribution is -2.23. The molecule has 1 N–H and O–H groups in total. The lowest BCUT2D eigenvalue weighted by atomic mass is 9.85. The third-order valence-corrected chi connectivity index (χ3v) is 3.97. The summed E-state index contributed by atoms with van der Waals surface area (Å²) in [5, 5.41) is 13.3. The molecule has 0 fully saturated rings. The van der Waals surface area contributed by atoms with Crippen molar-refractivity contribution in [3.8, 4) is 5.75 Å². The molecule has 0 aromatic heterocycles. The van der Waals surface area contributed by atoms with Gasteiger partial charge in [-0.25, -0.2) is 0 Å². The molecule has 21 heavy (non-hydrogen) atoms. The van der Waals surface area contributed by atoms with Crippen LogP contribution >= 0.6 is 0 Å². The van der Waals surface area contributed by atoms with Crippen molar-refractivity contribution >= 4 is 10.8 Å². The van der Waals surface area contributed by atoms with E-state index in [2.05, 4.69) is 12.1 Å². The first-order valence-corrected chi connectivity index (χ1v) is 6.98. The number of benzene rings is 3. The summed E-state index contributed by atoms with van der Waals surface area (Å²) in [7, 11) is 1.64. The van der Waals surface area contributed by atoms with Crippen LogP contribution in [0.4, 0.5) is 0 Å². The molecule has 1 atom stereocenters. The van der Waals surface area contributed by atoms with Crippen LogP contribution in [0.2, 0.25) is 0 Å². The van der Waals surface area contributed by atoms with Gasteiger partial charge in [-0.15, -0.1) is 0 Å². The summed E-state index contributed by atoms with van der Waals surface area (Å²) in [5.74, 6) is 0.785. The van der Waals surface area contributed by atoms with Crippen LogP contribution in [0.1, 0.15) is 18.1 Å². The van der Waals surface area contributed by atoms with E-state index in [1.165, 1.54) is 0 Å². The van der Waals surface area contributed by atoms with E-state index in [4.69, 9.17) is 4.74 Å². The topological polar surface area (TPSA) is 29.5 Å². The van der Waals surface area contributed by atoms with E-state index in [-0.39, 0.29) is 0 Å². The monoisotopic (exact) mass is 278 g/mol. The molecule has 0 aliphatic carbocycles. The van der Waals surface area contributed by atoms with E-state index in [1.54, 1.807) is 7.11 Å². The molecule has 2 nitrogen and oxygen atoms in total. The minimum atomic E-state index is -1.05. The zero-order valence-corrected chi connectivity index (χ0v) is 12.2. The maximum atomic E-state index is 11.1. The first-order chi connectivity index (χ1) is 10.1. The van der Waals surface area contributed by atoms with Crippen molar-refractivity contribution in [1.82, 2.24) is 0 Å². The zero-order valence-electron chi connectivity index (χ0n) is 12.2. The Morgan fingerprint density at radius 2 is 1.52 bits per heavy atom. The Kier molecular flexibility index (Phi) is 3.40. The van der Waals surface area contributed by atoms with E-state index in [0.29, 0.717) is 0 Å². The summed E-state index contributed by atoms with van der Waals surface area (Å²) >= 11 is 0. The van der Waals surface area contributed by atoms with Gasteiger partial charge in [0.1, 0.15) is 11.4 Å². The Bertz CT molecular complexity index is 753. The number of ether oxygens (including phenoxy) is 1. The molecule has 0 radical (unpaired) electrons. The quantitative estimate of drug-likeness (QED) is 0.781. The summed E-state index contributed by atoms with van der Waals surface area (Å²) in [5.41, 5.74) is 0.707. The van der Waals surface area contributed by atoms with Crippen LogP contribution in [0.15, 0.2) is 66.7 Å². The van der Waals surface area contributed by atoms with Crippen molar-refractivity contribution in [2.75, 3.05) is 7.11 Å². The highest BCUT2D eigenvalue weighted by Crippen LogP contribution is 2.34. The van der Waals surface area contributed by atoms with Crippen LogP contribution in [0, 0.1) is 0 Å². The molecule has 3 aromatic carbocycles. The van der Waals surface area contributed by atoms with Crippen LogP contribution in [-0.2, 0) is 5.60 Å². The molecular formula is C19H18O2. The minimum Gasteiger partial charge on any atom is -0.497 e. The number of aliphatic hydroxyl groups is 1. The molecule has 0 aliphatic heterocycles. The molecule has 3 aromatic rings. The Hall–Kier alpha value is -2.32. The predicted molar refractivity (Wildman–Crippen MR) is 85.6 cm³/mol. The van der Waals surface area contributed by atoms with Crippen LogP contribution < -0.4 is 4.74 Å². The van der Waals surface area contributed by atoms with Crippen LogP contribution in [0.3, 0.4) is 0 Å². The van der Waals surface area contributed by atoms with Crippen molar-refractivity contribution < 1.29 is 9.84 Å². The maximum Gasteiger partial charge on any atom is 0.118 e. The molecule has 0 unspecified atom stereocenters. The standard InChI is InChI=1S/C19H18O2/c1-19(20,15-10-12-16(21-2)13-11-15)18-9-5-7-14-6-3-4-8-17(14)18/h3-13,20H,1-2H3/t19-/m0/s1. The van der Waals surface area contributed by atoms with Gasteiger partial charge in [-0.05, 0) is 41.0 Å². The molecule has 0 spiro atoms. The van der Waals surface area contributed by atoms with Crippen LogP contribution in [-0.4, -0.2) is 12.2 Å². The van der Waals surface area contributed by atoms with Gasteiger partial charge >= 0.3 is 0 Å². The van der Waals surface area contributed by atoms with Gasteiger partial charge in [0.25, 0.3) is 0 Å². The molecule has 3 rings (SSSR count). The van der Waals surface area contributed by atoms with E-state index in [0.717, 1.165) is 27.6 Å². The molecule has 0 saturated heterocycles. The lowest BCUT2D eigenvalue weighted by molar-refractivity contribution is 0.104. The average Bonchev–Trinajstić information content (AvgIpc) is 2.54. The van der Waals surface area contributed by atoms with E-state index in [1.807, 2.05) is 61.5 Å². The van der Waals surface area contributed by atoms with E-state index in [9.17, 15) is 5.11 Å². The molecule has 0 aliphatic rings. The first-order valence-electron chi connectivity index (χ1n) is 6.98. The van der Waals surface area contributed by atoms with Crippen LogP contribution in [0.5, 0.6) is 5.75 Å². The second kappa shape index (κ2) is 5.23. The smallest absolute Gasteiger partial charge is 0.118 e. The molecule has 106 valence electrons. The number of methoxy groups -OCH3 is 1. The van der Waals surface area contributed by atoms with Gasteiger partial charge in [-0.1, -0.05) is 54.6 Å². The lowest BCUT2D eigenvalue weighted by Gasteiger charge is -2.26. The molecule has 0 heterocycles. The Morgan fingerprint density at radius 1 is 0.857 bits per heavy atom. The van der Waals surface area contributed by atoms with Gasteiger partial charge in [-0.3, -0.25) is 0 Å². The second-order valence-electron chi connectivity index (χ2n) is 5.33. The maximum absolute atomic E-state index is 11.1. The van der Waals surface area contributed by atoms with Crippen molar-refractivity contribution in [2.45, 2.75) is 12.5 Å². The highest BCUT2D eigenvalue weighted by atomic mass is 16.5. The third-order valence-electron chi connectivity index (χ3n) is 3.97. The fraction of sp³-hybridized carbons (Fsp3) is 0.158. The van der Waals surface area contributed by atoms with Gasteiger partial charge in [-0.2, -0.15) is 0 Å². The zero-order chi connectivity index (χ0) is 14.9. The van der Waals surface area contributed by atoms with Crippen molar-refractivity contribution in [3.05, 3.63) is 77.9 Å². The fourth-order valence-corrected chi connectivity index (χ4v) is 2.72. The fourth-order valence-electron chi connectivity index (χ4n) is 2.72. The highest BCUT2D eigenvalue weighted by molar-refractivity contribution is 5.86. The van der Waals surface area contributed by atoms with Gasteiger partial charge in [0.05, 0.1) is 7.11 Å². The Balaban J connectivity index is 2.14. The summed E-state index contributed by atoms with van der Waals surface area (Å²) < 4.78 is 5.18. The normalized spacial score (nSPS) is 13.9. The van der Waals surface area contributed by atoms with Gasteiger partial charge in [0, 0.05) is 0 Å². The molecule has 0 amide bonds. The van der Waals surface area contributed by atoms with Gasteiger partial charge < -0.3 is 9.84 Å². The molecular weight excluding hydrogens is 260 g/mol. The highest BCUT2D eigenvalue weighted by Gasteiger charge is 2.27. The Morgan fingerprint density at radius 3 is 2.24 bits per heavy atom. The largest absolute Gasteiger partial charge is 0.497 e. The van der Waals surface area contributed by atoms with E-state index < -0.39 is 5.60 Å². The van der Waals surface area contributed by atoms with Crippen molar-refractivity contribution in [2.24, 2.45) is 0 Å². The number of fused-ring (bicyclic) bond motifs is 1. The first kappa shape index (κ1) is 13.7. The van der Waals surface area contributed by atoms with Crippen LogP contribution in [0.25, 0.3) is 10.8 Å². The third kappa shape index (κ3) is 2.39. The number of hydrogen-bond donors (Lipinski definition) is 1. The summed E-state index contributed by atoms with van der Waals surface area (Å²) in [6, 6.07) is 21.7. The minimum absolute atomic E-state index is 0.785. The van der Waals surface area contributed by atoms with E-state index >= 15 is 0 Å². The van der Waals surface area contributed by atoms with Gasteiger partial charge in [0.2, 0.25) is 0 Å². The SMILES string of the molecule is COc1ccc([C@](C)(O)c2cccc3ccccc23)cc1. The summed E-state index contributed by atoms with van der Waals surface area (Å²) in [6.45, 7) is 1.83. The summed E-state index contributed by atoms with van der Waals surface area (Å²) in [6.07, 6.45) is 0.